The molecule has 1 aliphatic heterocycles. The molecular formula is C12H24O3. The van der Waals surface area contributed by atoms with Crippen LogP contribution in [0.2, 0.25) is 0 Å². The molecule has 1 N–H and O–H groups in total. The molecule has 1 aliphatic rings. The van der Waals surface area contributed by atoms with Crippen LogP contribution in [0.1, 0.15) is 39.5 Å². The smallest absolute Gasteiger partial charge is 0.0982 e. The minimum absolute atomic E-state index is 0.336. The highest BCUT2D eigenvalue weighted by molar-refractivity contribution is 4.93. The third kappa shape index (κ3) is 2.71. The predicted molar refractivity (Wildman–Crippen MR) is 59.9 cm³/mol. The van der Waals surface area contributed by atoms with E-state index in [0.717, 1.165) is 25.7 Å². The summed E-state index contributed by atoms with van der Waals surface area (Å²) < 4.78 is 10.9. The van der Waals surface area contributed by atoms with Crippen LogP contribution < -0.4 is 0 Å². The average molecular weight is 216 g/mol. The summed E-state index contributed by atoms with van der Waals surface area (Å²) in [6.07, 6.45) is 3.26. The summed E-state index contributed by atoms with van der Waals surface area (Å²) in [4.78, 5) is 0. The first kappa shape index (κ1) is 12.9. The maximum absolute atomic E-state index is 10.4. The lowest BCUT2D eigenvalue weighted by molar-refractivity contribution is -0.168. The van der Waals surface area contributed by atoms with E-state index in [2.05, 4.69) is 13.8 Å². The van der Waals surface area contributed by atoms with Gasteiger partial charge in [0.25, 0.3) is 0 Å². The third-order valence-electron chi connectivity index (χ3n) is 3.78. The van der Waals surface area contributed by atoms with E-state index in [4.69, 9.17) is 9.47 Å². The zero-order valence-corrected chi connectivity index (χ0v) is 10.2. The Morgan fingerprint density at radius 3 is 2.20 bits per heavy atom. The molecule has 0 aliphatic carbocycles. The van der Waals surface area contributed by atoms with Gasteiger partial charge in [-0.2, -0.15) is 0 Å². The highest BCUT2D eigenvalue weighted by atomic mass is 16.5. The van der Waals surface area contributed by atoms with Gasteiger partial charge in [0.15, 0.2) is 0 Å². The highest BCUT2D eigenvalue weighted by Gasteiger charge is 2.42. The van der Waals surface area contributed by atoms with Gasteiger partial charge in [-0.3, -0.25) is 0 Å². The first-order valence-electron chi connectivity index (χ1n) is 6.01. The van der Waals surface area contributed by atoms with Crippen LogP contribution in [0.25, 0.3) is 0 Å². The highest BCUT2D eigenvalue weighted by Crippen LogP contribution is 2.33. The lowest BCUT2D eigenvalue weighted by atomic mass is 9.79. The van der Waals surface area contributed by atoms with Crippen molar-refractivity contribution in [2.75, 3.05) is 20.3 Å². The number of ether oxygens (including phenoxy) is 2. The molecule has 0 bridgehead atoms. The van der Waals surface area contributed by atoms with Crippen molar-refractivity contribution in [2.45, 2.75) is 51.2 Å². The maximum Gasteiger partial charge on any atom is 0.0982 e. The Morgan fingerprint density at radius 2 is 1.80 bits per heavy atom. The number of hydrogen-bond acceptors (Lipinski definition) is 3. The number of hydrogen-bond donors (Lipinski definition) is 1. The lowest BCUT2D eigenvalue weighted by Gasteiger charge is -2.42. The molecule has 90 valence electrons. The van der Waals surface area contributed by atoms with Crippen molar-refractivity contribution in [3.8, 4) is 0 Å². The molecule has 1 fully saturated rings. The zero-order chi connectivity index (χ0) is 11.3. The van der Waals surface area contributed by atoms with Gasteiger partial charge in [0, 0.05) is 33.2 Å². The van der Waals surface area contributed by atoms with Gasteiger partial charge < -0.3 is 14.6 Å². The first-order valence-corrected chi connectivity index (χ1v) is 6.01. The molecule has 3 heteroatoms. The molecule has 0 aromatic rings. The van der Waals surface area contributed by atoms with E-state index in [1.165, 1.54) is 0 Å². The van der Waals surface area contributed by atoms with Crippen molar-refractivity contribution >= 4 is 0 Å². The molecule has 15 heavy (non-hydrogen) atoms. The van der Waals surface area contributed by atoms with Crippen LogP contribution in [0.4, 0.5) is 0 Å². The van der Waals surface area contributed by atoms with Gasteiger partial charge in [-0.15, -0.1) is 0 Å². The SMILES string of the molecule is CCC(CC)C(O)C1(OC)CCOCC1. The molecule has 3 nitrogen and oxygen atoms in total. The second kappa shape index (κ2) is 5.83. The Balaban J connectivity index is 2.70. The molecular weight excluding hydrogens is 192 g/mol. The van der Waals surface area contributed by atoms with Crippen molar-refractivity contribution in [3.05, 3.63) is 0 Å². The molecule has 1 saturated heterocycles. The van der Waals surface area contributed by atoms with E-state index < -0.39 is 0 Å². The van der Waals surface area contributed by atoms with E-state index in [1.54, 1.807) is 7.11 Å². The summed E-state index contributed by atoms with van der Waals surface area (Å²) in [7, 11) is 1.71. The van der Waals surface area contributed by atoms with Gasteiger partial charge in [0.05, 0.1) is 11.7 Å². The van der Waals surface area contributed by atoms with Crippen LogP contribution >= 0.6 is 0 Å². The monoisotopic (exact) mass is 216 g/mol. The van der Waals surface area contributed by atoms with Gasteiger partial charge in [0.2, 0.25) is 0 Å². The predicted octanol–water partition coefficient (Wildman–Crippen LogP) is 1.98. The van der Waals surface area contributed by atoms with Gasteiger partial charge in [-0.1, -0.05) is 26.7 Å². The molecule has 0 amide bonds. The van der Waals surface area contributed by atoms with E-state index in [9.17, 15) is 5.11 Å². The van der Waals surface area contributed by atoms with E-state index in [-0.39, 0.29) is 11.7 Å². The number of aliphatic hydroxyl groups is 1. The largest absolute Gasteiger partial charge is 0.390 e. The van der Waals surface area contributed by atoms with Gasteiger partial charge >= 0.3 is 0 Å². The Bertz CT molecular complexity index is 172. The topological polar surface area (TPSA) is 38.7 Å². The fourth-order valence-electron chi connectivity index (χ4n) is 2.50. The summed E-state index contributed by atoms with van der Waals surface area (Å²) in [5, 5.41) is 10.4. The van der Waals surface area contributed by atoms with Crippen molar-refractivity contribution in [1.82, 2.24) is 0 Å². The molecule has 0 aromatic carbocycles. The number of rotatable bonds is 5. The minimum atomic E-state index is -0.366. The lowest BCUT2D eigenvalue weighted by Crippen LogP contribution is -2.51. The van der Waals surface area contributed by atoms with Crippen LogP contribution in [-0.4, -0.2) is 37.1 Å². The molecule has 1 heterocycles. The zero-order valence-electron chi connectivity index (χ0n) is 10.2. The fourth-order valence-corrected chi connectivity index (χ4v) is 2.50. The molecule has 0 spiro atoms. The molecule has 1 rings (SSSR count). The van der Waals surface area contributed by atoms with Crippen LogP contribution in [-0.2, 0) is 9.47 Å². The average Bonchev–Trinajstić information content (AvgIpc) is 2.31. The second-order valence-corrected chi connectivity index (χ2v) is 4.40. The molecule has 0 saturated carbocycles. The normalized spacial score (nSPS) is 23.0. The molecule has 0 aromatic heterocycles. The summed E-state index contributed by atoms with van der Waals surface area (Å²) in [5.41, 5.74) is -0.366. The standard InChI is InChI=1S/C12H24O3/c1-4-10(5-2)11(13)12(14-3)6-8-15-9-7-12/h10-11,13H,4-9H2,1-3H3. The van der Waals surface area contributed by atoms with E-state index in [1.807, 2.05) is 0 Å². The number of methoxy groups -OCH3 is 1. The number of aliphatic hydroxyl groups excluding tert-OH is 1. The summed E-state index contributed by atoms with van der Waals surface area (Å²) >= 11 is 0. The second-order valence-electron chi connectivity index (χ2n) is 4.40. The Kier molecular flexibility index (Phi) is 5.03. The van der Waals surface area contributed by atoms with E-state index in [0.29, 0.717) is 19.1 Å². The van der Waals surface area contributed by atoms with Gasteiger partial charge in [0.1, 0.15) is 0 Å². The van der Waals surface area contributed by atoms with Crippen LogP contribution in [0.3, 0.4) is 0 Å². The minimum Gasteiger partial charge on any atom is -0.390 e. The Hall–Kier alpha value is -0.120. The fraction of sp³-hybridized carbons (Fsp3) is 1.00. The third-order valence-corrected chi connectivity index (χ3v) is 3.78. The van der Waals surface area contributed by atoms with Gasteiger partial charge in [-0.25, -0.2) is 0 Å². The summed E-state index contributed by atoms with van der Waals surface area (Å²) in [6, 6.07) is 0. The van der Waals surface area contributed by atoms with Crippen LogP contribution in [0.15, 0.2) is 0 Å². The van der Waals surface area contributed by atoms with Crippen molar-refractivity contribution in [2.24, 2.45) is 5.92 Å². The maximum atomic E-state index is 10.4. The Morgan fingerprint density at radius 1 is 1.27 bits per heavy atom. The quantitative estimate of drug-likeness (QED) is 0.763. The van der Waals surface area contributed by atoms with Gasteiger partial charge in [-0.05, 0) is 5.92 Å². The first-order chi connectivity index (χ1) is 7.20. The van der Waals surface area contributed by atoms with Crippen molar-refractivity contribution in [1.29, 1.82) is 0 Å². The summed E-state index contributed by atoms with van der Waals surface area (Å²) in [6.45, 7) is 5.65. The van der Waals surface area contributed by atoms with Crippen molar-refractivity contribution < 1.29 is 14.6 Å². The van der Waals surface area contributed by atoms with Crippen LogP contribution in [0, 0.1) is 5.92 Å². The van der Waals surface area contributed by atoms with E-state index >= 15 is 0 Å². The van der Waals surface area contributed by atoms with Crippen molar-refractivity contribution in [3.63, 3.8) is 0 Å². The summed E-state index contributed by atoms with van der Waals surface area (Å²) in [5.74, 6) is 0.336. The molecule has 0 radical (unpaired) electrons. The Labute approximate surface area is 92.8 Å². The molecule has 1 atom stereocenters. The molecule has 1 unspecified atom stereocenters. The van der Waals surface area contributed by atoms with Crippen LogP contribution in [0.5, 0.6) is 0 Å².